The Labute approximate surface area is 106 Å². The Balaban J connectivity index is 2.23. The number of halogens is 1. The van der Waals surface area contributed by atoms with Gasteiger partial charge in [0, 0.05) is 5.56 Å². The van der Waals surface area contributed by atoms with Crippen LogP contribution in [0.1, 0.15) is 16.1 Å². The van der Waals surface area contributed by atoms with Gasteiger partial charge in [-0.2, -0.15) is 4.99 Å². The smallest absolute Gasteiger partial charge is 0.314 e. The summed E-state index contributed by atoms with van der Waals surface area (Å²) in [6, 6.07) is 12.2. The van der Waals surface area contributed by atoms with Gasteiger partial charge in [0.05, 0.1) is 0 Å². The number of aliphatic imine (C=N–C) groups is 1. The molecule has 5 heteroatoms. The third kappa shape index (κ3) is 2.82. The summed E-state index contributed by atoms with van der Waals surface area (Å²) in [5, 5.41) is 0. The highest BCUT2D eigenvalue weighted by Gasteiger charge is 2.10. The van der Waals surface area contributed by atoms with Gasteiger partial charge in [-0.3, -0.25) is 4.79 Å². The van der Waals surface area contributed by atoms with E-state index < -0.39 is 5.91 Å². The maximum absolute atomic E-state index is 11.7. The Morgan fingerprint density at radius 3 is 2.47 bits per heavy atom. The van der Waals surface area contributed by atoms with Crippen molar-refractivity contribution in [3.05, 3.63) is 58.5 Å². The van der Waals surface area contributed by atoms with Crippen LogP contribution in [0.5, 0.6) is 0 Å². The van der Waals surface area contributed by atoms with Crippen molar-refractivity contribution in [3.8, 4) is 0 Å². The molecule has 86 valence electrons. The number of furan rings is 1. The SMILES string of the molecule is NC(=NC(=O)c1ccc(Br)o1)c1ccccc1. The summed E-state index contributed by atoms with van der Waals surface area (Å²) < 4.78 is 5.57. The van der Waals surface area contributed by atoms with E-state index in [9.17, 15) is 4.79 Å². The summed E-state index contributed by atoms with van der Waals surface area (Å²) >= 11 is 3.11. The summed E-state index contributed by atoms with van der Waals surface area (Å²) in [7, 11) is 0. The van der Waals surface area contributed by atoms with Crippen LogP contribution >= 0.6 is 15.9 Å². The molecule has 4 nitrogen and oxygen atoms in total. The van der Waals surface area contributed by atoms with Gasteiger partial charge >= 0.3 is 5.91 Å². The van der Waals surface area contributed by atoms with Gasteiger partial charge in [-0.1, -0.05) is 30.3 Å². The normalized spacial score (nSPS) is 11.5. The van der Waals surface area contributed by atoms with Crippen LogP contribution in [-0.2, 0) is 0 Å². The summed E-state index contributed by atoms with van der Waals surface area (Å²) in [4.78, 5) is 15.4. The molecule has 0 atom stereocenters. The van der Waals surface area contributed by atoms with E-state index in [1.165, 1.54) is 6.07 Å². The first-order valence-corrected chi connectivity index (χ1v) is 5.65. The zero-order valence-corrected chi connectivity index (χ0v) is 10.3. The Kier molecular flexibility index (Phi) is 3.39. The number of nitrogens with zero attached hydrogens (tertiary/aromatic N) is 1. The molecule has 2 rings (SSSR count). The van der Waals surface area contributed by atoms with Crippen molar-refractivity contribution in [3.63, 3.8) is 0 Å². The highest BCUT2D eigenvalue weighted by molar-refractivity contribution is 9.10. The molecule has 2 N–H and O–H groups in total. The lowest BCUT2D eigenvalue weighted by Crippen LogP contribution is -2.15. The van der Waals surface area contributed by atoms with Crippen LogP contribution in [0.25, 0.3) is 0 Å². The van der Waals surface area contributed by atoms with Crippen molar-refractivity contribution in [2.24, 2.45) is 10.7 Å². The number of benzene rings is 1. The molecule has 17 heavy (non-hydrogen) atoms. The minimum Gasteiger partial charge on any atom is -0.444 e. The van der Waals surface area contributed by atoms with Crippen molar-refractivity contribution in [1.82, 2.24) is 0 Å². The Morgan fingerprint density at radius 1 is 1.18 bits per heavy atom. The monoisotopic (exact) mass is 292 g/mol. The molecule has 0 aliphatic carbocycles. The highest BCUT2D eigenvalue weighted by Crippen LogP contribution is 2.14. The number of amidine groups is 1. The van der Waals surface area contributed by atoms with Crippen LogP contribution in [0.4, 0.5) is 0 Å². The number of nitrogens with two attached hydrogens (primary N) is 1. The average Bonchev–Trinajstić information content (AvgIpc) is 2.77. The number of carbonyl (C=O) groups is 1. The Hall–Kier alpha value is -1.88. The minimum atomic E-state index is -0.503. The number of amides is 1. The summed E-state index contributed by atoms with van der Waals surface area (Å²) in [6.07, 6.45) is 0. The van der Waals surface area contributed by atoms with Gasteiger partial charge in [0.1, 0.15) is 5.84 Å². The van der Waals surface area contributed by atoms with Crippen LogP contribution in [0, 0.1) is 0 Å². The Bertz CT molecular complexity index is 561. The molecule has 0 saturated carbocycles. The maximum atomic E-state index is 11.7. The van der Waals surface area contributed by atoms with Crippen LogP contribution in [0.2, 0.25) is 0 Å². The lowest BCUT2D eigenvalue weighted by Gasteiger charge is -1.98. The first-order chi connectivity index (χ1) is 8.16. The molecule has 0 fully saturated rings. The second-order valence-corrected chi connectivity index (χ2v) is 4.05. The lowest BCUT2D eigenvalue weighted by atomic mass is 10.2. The van der Waals surface area contributed by atoms with E-state index in [0.29, 0.717) is 10.2 Å². The standard InChI is InChI=1S/C12H9BrN2O2/c13-10-7-6-9(17-10)12(16)15-11(14)8-4-2-1-3-5-8/h1-7H,(H2,14,15,16). The van der Waals surface area contributed by atoms with Crippen molar-refractivity contribution >= 4 is 27.7 Å². The molecule has 1 amide bonds. The predicted molar refractivity (Wildman–Crippen MR) is 67.9 cm³/mol. The van der Waals surface area contributed by atoms with E-state index in [-0.39, 0.29) is 11.6 Å². The summed E-state index contributed by atoms with van der Waals surface area (Å²) in [5.74, 6) is -0.184. The molecular weight excluding hydrogens is 284 g/mol. The molecule has 0 saturated heterocycles. The quantitative estimate of drug-likeness (QED) is 0.683. The molecule has 0 aliphatic rings. The zero-order chi connectivity index (χ0) is 12.3. The maximum Gasteiger partial charge on any atom is 0.314 e. The second kappa shape index (κ2) is 4.97. The van der Waals surface area contributed by atoms with Gasteiger partial charge in [-0.15, -0.1) is 0 Å². The fraction of sp³-hybridized carbons (Fsp3) is 0. The number of hydrogen-bond acceptors (Lipinski definition) is 2. The van der Waals surface area contributed by atoms with Gasteiger partial charge in [0.15, 0.2) is 10.4 Å². The average molecular weight is 293 g/mol. The number of rotatable bonds is 2. The fourth-order valence-electron chi connectivity index (χ4n) is 1.27. The molecule has 0 bridgehead atoms. The summed E-state index contributed by atoms with van der Waals surface area (Å²) in [6.45, 7) is 0. The van der Waals surface area contributed by atoms with Gasteiger partial charge in [-0.05, 0) is 28.1 Å². The molecule has 0 spiro atoms. The fourth-order valence-corrected chi connectivity index (χ4v) is 1.57. The van der Waals surface area contributed by atoms with E-state index in [1.807, 2.05) is 18.2 Å². The van der Waals surface area contributed by atoms with Crippen molar-refractivity contribution < 1.29 is 9.21 Å². The van der Waals surface area contributed by atoms with E-state index in [2.05, 4.69) is 20.9 Å². The van der Waals surface area contributed by atoms with Crippen LogP contribution in [0.15, 0.2) is 56.5 Å². The second-order valence-electron chi connectivity index (χ2n) is 3.27. The van der Waals surface area contributed by atoms with Crippen molar-refractivity contribution in [2.75, 3.05) is 0 Å². The molecule has 0 unspecified atom stereocenters. The molecule has 1 aromatic heterocycles. The minimum absolute atomic E-state index is 0.149. The van der Waals surface area contributed by atoms with E-state index in [4.69, 9.17) is 10.2 Å². The molecule has 0 radical (unpaired) electrons. The largest absolute Gasteiger partial charge is 0.444 e. The molecule has 0 aliphatic heterocycles. The number of hydrogen-bond donors (Lipinski definition) is 1. The third-order valence-corrected chi connectivity index (χ3v) is 2.50. The van der Waals surface area contributed by atoms with E-state index in [1.54, 1.807) is 18.2 Å². The van der Waals surface area contributed by atoms with Gasteiger partial charge in [0.25, 0.3) is 0 Å². The Morgan fingerprint density at radius 2 is 1.88 bits per heavy atom. The lowest BCUT2D eigenvalue weighted by molar-refractivity contribution is 0.0975. The first kappa shape index (κ1) is 11.6. The van der Waals surface area contributed by atoms with E-state index >= 15 is 0 Å². The van der Waals surface area contributed by atoms with Gasteiger partial charge < -0.3 is 10.2 Å². The first-order valence-electron chi connectivity index (χ1n) is 4.86. The van der Waals surface area contributed by atoms with Crippen LogP contribution < -0.4 is 5.73 Å². The number of carbonyl (C=O) groups excluding carboxylic acids is 1. The third-order valence-electron chi connectivity index (χ3n) is 2.08. The van der Waals surface area contributed by atoms with Gasteiger partial charge in [-0.25, -0.2) is 0 Å². The van der Waals surface area contributed by atoms with Crippen molar-refractivity contribution in [1.29, 1.82) is 0 Å². The molecular formula is C12H9BrN2O2. The molecule has 1 aromatic carbocycles. The van der Waals surface area contributed by atoms with Crippen LogP contribution in [0.3, 0.4) is 0 Å². The van der Waals surface area contributed by atoms with Gasteiger partial charge in [0.2, 0.25) is 0 Å². The van der Waals surface area contributed by atoms with Crippen LogP contribution in [-0.4, -0.2) is 11.7 Å². The molecule has 1 heterocycles. The highest BCUT2D eigenvalue weighted by atomic mass is 79.9. The topological polar surface area (TPSA) is 68.6 Å². The summed E-state index contributed by atoms with van der Waals surface area (Å²) in [5.41, 5.74) is 6.42. The predicted octanol–water partition coefficient (Wildman–Crippen LogP) is 2.59. The zero-order valence-electron chi connectivity index (χ0n) is 8.76. The van der Waals surface area contributed by atoms with E-state index in [0.717, 1.165) is 0 Å². The van der Waals surface area contributed by atoms with Crippen molar-refractivity contribution in [2.45, 2.75) is 0 Å². The molecule has 2 aromatic rings.